The summed E-state index contributed by atoms with van der Waals surface area (Å²) in [5, 5.41) is 15.0. The first kappa shape index (κ1) is 20.4. The Kier molecular flexibility index (Phi) is 5.11. The van der Waals surface area contributed by atoms with E-state index < -0.39 is 0 Å². The van der Waals surface area contributed by atoms with Crippen LogP contribution in [0.4, 0.5) is 5.69 Å². The number of benzene rings is 1. The summed E-state index contributed by atoms with van der Waals surface area (Å²) in [6.07, 6.45) is 4.45. The van der Waals surface area contributed by atoms with Gasteiger partial charge in [0, 0.05) is 31.3 Å². The van der Waals surface area contributed by atoms with Crippen LogP contribution < -0.4 is 4.90 Å². The second kappa shape index (κ2) is 8.28. The molecule has 1 aliphatic heterocycles. The SMILES string of the molecule is Cc1cccc(-c2cc(CO)n(-c3cc(N4CCOCC4)c4ncn(CC5CC5)c4n3)n2)c1. The molecule has 0 unspecified atom stereocenters. The molecule has 0 atom stereocenters. The van der Waals surface area contributed by atoms with E-state index in [4.69, 9.17) is 19.8 Å². The zero-order chi connectivity index (χ0) is 22.4. The summed E-state index contributed by atoms with van der Waals surface area (Å²) in [5.74, 6) is 1.41. The number of hydrogen-bond donors (Lipinski definition) is 1. The molecule has 8 heteroatoms. The van der Waals surface area contributed by atoms with Gasteiger partial charge in [0.05, 0.1) is 43.2 Å². The largest absolute Gasteiger partial charge is 0.390 e. The molecule has 0 spiro atoms. The standard InChI is InChI=1S/C25H28N6O2/c1-17-3-2-4-19(11-17)21-12-20(15-32)31(28-21)23-13-22(29-7-9-33-10-8-29)24-25(27-23)30(16-26-24)14-18-5-6-18/h2-4,11-13,16,18,32H,5-10,14-15H2,1H3. The van der Waals surface area contributed by atoms with Gasteiger partial charge in [0.1, 0.15) is 5.52 Å². The Morgan fingerprint density at radius 3 is 2.73 bits per heavy atom. The van der Waals surface area contributed by atoms with Crippen molar-refractivity contribution in [3.05, 3.63) is 54.0 Å². The van der Waals surface area contributed by atoms with Crippen LogP contribution in [-0.2, 0) is 17.9 Å². The number of imidazole rings is 1. The van der Waals surface area contributed by atoms with Gasteiger partial charge in [-0.1, -0.05) is 23.8 Å². The number of fused-ring (bicyclic) bond motifs is 1. The van der Waals surface area contributed by atoms with E-state index in [1.54, 1.807) is 4.68 Å². The van der Waals surface area contributed by atoms with Crippen molar-refractivity contribution in [1.29, 1.82) is 0 Å². The molecule has 2 aliphatic rings. The summed E-state index contributed by atoms with van der Waals surface area (Å²) in [4.78, 5) is 12.1. The quantitative estimate of drug-likeness (QED) is 0.491. The molecule has 1 aromatic carbocycles. The predicted molar refractivity (Wildman–Crippen MR) is 127 cm³/mol. The third-order valence-corrected chi connectivity index (χ3v) is 6.52. The number of morpholine rings is 1. The second-order valence-electron chi connectivity index (χ2n) is 9.07. The number of nitrogens with zero attached hydrogens (tertiary/aromatic N) is 6. The van der Waals surface area contributed by atoms with Crippen LogP contribution in [0, 0.1) is 12.8 Å². The van der Waals surface area contributed by atoms with Gasteiger partial charge in [0.15, 0.2) is 11.5 Å². The van der Waals surface area contributed by atoms with Gasteiger partial charge in [0.2, 0.25) is 0 Å². The number of hydrogen-bond acceptors (Lipinski definition) is 6. The second-order valence-corrected chi connectivity index (χ2v) is 9.07. The molecule has 1 saturated carbocycles. The summed E-state index contributed by atoms with van der Waals surface area (Å²) >= 11 is 0. The van der Waals surface area contributed by atoms with Gasteiger partial charge >= 0.3 is 0 Å². The van der Waals surface area contributed by atoms with E-state index in [1.807, 2.05) is 30.6 Å². The Bertz CT molecular complexity index is 1300. The number of aryl methyl sites for hydroxylation is 1. The Hall–Kier alpha value is -3.23. The average molecular weight is 445 g/mol. The summed E-state index contributed by atoms with van der Waals surface area (Å²) in [5.41, 5.74) is 6.56. The Balaban J connectivity index is 1.50. The van der Waals surface area contributed by atoms with Crippen LogP contribution in [-0.4, -0.2) is 55.7 Å². The average Bonchev–Trinajstić information content (AvgIpc) is 3.41. The van der Waals surface area contributed by atoms with Gasteiger partial charge in [-0.3, -0.25) is 0 Å². The zero-order valence-corrected chi connectivity index (χ0v) is 18.8. The fourth-order valence-corrected chi connectivity index (χ4v) is 4.55. The van der Waals surface area contributed by atoms with E-state index in [0.717, 1.165) is 47.7 Å². The lowest BCUT2D eigenvalue weighted by Crippen LogP contribution is -2.36. The number of pyridine rings is 1. The van der Waals surface area contributed by atoms with E-state index in [-0.39, 0.29) is 6.61 Å². The monoisotopic (exact) mass is 444 g/mol. The van der Waals surface area contributed by atoms with Crippen LogP contribution in [0.15, 0.2) is 42.7 Å². The van der Waals surface area contributed by atoms with Crippen molar-refractivity contribution < 1.29 is 9.84 Å². The summed E-state index contributed by atoms with van der Waals surface area (Å²) < 4.78 is 9.52. The first-order chi connectivity index (χ1) is 16.2. The molecule has 1 N–H and O–H groups in total. The van der Waals surface area contributed by atoms with Crippen molar-refractivity contribution in [2.75, 3.05) is 31.2 Å². The van der Waals surface area contributed by atoms with Gasteiger partial charge < -0.3 is 19.3 Å². The van der Waals surface area contributed by atoms with Crippen LogP contribution in [0.25, 0.3) is 28.2 Å². The normalized spacial score (nSPS) is 16.6. The number of rotatable bonds is 6. The number of aromatic nitrogens is 5. The smallest absolute Gasteiger partial charge is 0.164 e. The molecule has 0 radical (unpaired) electrons. The summed E-state index contributed by atoms with van der Waals surface area (Å²) in [7, 11) is 0. The number of anilines is 1. The van der Waals surface area contributed by atoms with Gasteiger partial charge in [-0.15, -0.1) is 0 Å². The van der Waals surface area contributed by atoms with Crippen LogP contribution >= 0.6 is 0 Å². The van der Waals surface area contributed by atoms with E-state index in [2.05, 4.69) is 28.5 Å². The van der Waals surface area contributed by atoms with Crippen molar-refractivity contribution >= 4 is 16.9 Å². The highest BCUT2D eigenvalue weighted by Crippen LogP contribution is 2.34. The maximum atomic E-state index is 10.1. The minimum atomic E-state index is -0.118. The van der Waals surface area contributed by atoms with Crippen molar-refractivity contribution in [2.24, 2.45) is 5.92 Å². The van der Waals surface area contributed by atoms with Gasteiger partial charge in [-0.25, -0.2) is 14.6 Å². The first-order valence-electron chi connectivity index (χ1n) is 11.7. The number of aliphatic hydroxyl groups is 1. The van der Waals surface area contributed by atoms with Crippen molar-refractivity contribution in [1.82, 2.24) is 24.3 Å². The third-order valence-electron chi connectivity index (χ3n) is 6.52. The highest BCUT2D eigenvalue weighted by Gasteiger charge is 2.25. The molecule has 170 valence electrons. The van der Waals surface area contributed by atoms with Crippen molar-refractivity contribution in [3.63, 3.8) is 0 Å². The third kappa shape index (κ3) is 3.89. The van der Waals surface area contributed by atoms with Gasteiger partial charge in [-0.05, 0) is 37.8 Å². The molecule has 4 aromatic rings. The van der Waals surface area contributed by atoms with E-state index >= 15 is 0 Å². The predicted octanol–water partition coefficient (Wildman–Crippen LogP) is 3.33. The van der Waals surface area contributed by atoms with Crippen molar-refractivity contribution in [2.45, 2.75) is 32.9 Å². The topological polar surface area (TPSA) is 81.2 Å². The maximum absolute atomic E-state index is 10.1. The first-order valence-corrected chi connectivity index (χ1v) is 11.7. The number of ether oxygens (including phenoxy) is 1. The molecule has 6 rings (SSSR count). The highest BCUT2D eigenvalue weighted by atomic mass is 16.5. The molecule has 3 aromatic heterocycles. The van der Waals surface area contributed by atoms with E-state index in [1.165, 1.54) is 18.4 Å². The fourth-order valence-electron chi connectivity index (χ4n) is 4.55. The summed E-state index contributed by atoms with van der Waals surface area (Å²) in [6.45, 7) is 5.91. The van der Waals surface area contributed by atoms with Crippen LogP contribution in [0.3, 0.4) is 0 Å². The Morgan fingerprint density at radius 1 is 1.12 bits per heavy atom. The minimum absolute atomic E-state index is 0.118. The highest BCUT2D eigenvalue weighted by molar-refractivity contribution is 5.87. The van der Waals surface area contributed by atoms with Crippen molar-refractivity contribution in [3.8, 4) is 17.1 Å². The zero-order valence-electron chi connectivity index (χ0n) is 18.8. The van der Waals surface area contributed by atoms with E-state index in [0.29, 0.717) is 30.6 Å². The lowest BCUT2D eigenvalue weighted by molar-refractivity contribution is 0.123. The summed E-state index contributed by atoms with van der Waals surface area (Å²) in [6, 6.07) is 12.2. The van der Waals surface area contributed by atoms with Gasteiger partial charge in [-0.2, -0.15) is 5.10 Å². The maximum Gasteiger partial charge on any atom is 0.164 e. The lowest BCUT2D eigenvalue weighted by Gasteiger charge is -2.29. The molecule has 2 fully saturated rings. The molecule has 0 amide bonds. The van der Waals surface area contributed by atoms with Crippen LogP contribution in [0.1, 0.15) is 24.1 Å². The van der Waals surface area contributed by atoms with E-state index in [9.17, 15) is 5.11 Å². The molecular formula is C25H28N6O2. The molecular weight excluding hydrogens is 416 g/mol. The fraction of sp³-hybridized carbons (Fsp3) is 0.400. The molecule has 4 heterocycles. The Labute approximate surface area is 192 Å². The molecule has 8 nitrogen and oxygen atoms in total. The molecule has 0 bridgehead atoms. The van der Waals surface area contributed by atoms with Crippen LogP contribution in [0.2, 0.25) is 0 Å². The lowest BCUT2D eigenvalue weighted by atomic mass is 10.1. The van der Waals surface area contributed by atoms with Gasteiger partial charge in [0.25, 0.3) is 0 Å². The molecule has 1 saturated heterocycles. The molecule has 33 heavy (non-hydrogen) atoms. The Morgan fingerprint density at radius 2 is 1.97 bits per heavy atom. The van der Waals surface area contributed by atoms with Crippen LogP contribution in [0.5, 0.6) is 0 Å². The molecule has 1 aliphatic carbocycles. The minimum Gasteiger partial charge on any atom is -0.390 e. The number of aliphatic hydroxyl groups excluding tert-OH is 1.